The number of rotatable bonds is 5. The van der Waals surface area contributed by atoms with Gasteiger partial charge in [-0.05, 0) is 36.8 Å². The Balaban J connectivity index is 2.18. The molecule has 0 saturated heterocycles. The molecular weight excluding hydrogens is 274 g/mol. The number of nitrogens with zero attached hydrogens (tertiary/aromatic N) is 2. The molecule has 1 aliphatic rings. The topological polar surface area (TPSA) is 82.8 Å². The van der Waals surface area contributed by atoms with E-state index in [1.165, 1.54) is 18.3 Å². The molecule has 0 atom stereocenters. The van der Waals surface area contributed by atoms with Gasteiger partial charge in [-0.2, -0.15) is 5.26 Å². The maximum atomic E-state index is 12.3. The third kappa shape index (κ3) is 3.00. The van der Waals surface area contributed by atoms with Crippen LogP contribution < -0.4 is 4.72 Å². The summed E-state index contributed by atoms with van der Waals surface area (Å²) >= 11 is 0. The summed E-state index contributed by atoms with van der Waals surface area (Å²) in [5.41, 5.74) is 0.0132. The van der Waals surface area contributed by atoms with Gasteiger partial charge in [-0.25, -0.2) is 18.1 Å². The highest BCUT2D eigenvalue weighted by Gasteiger charge is 2.33. The zero-order valence-electron chi connectivity index (χ0n) is 11.6. The van der Waals surface area contributed by atoms with E-state index >= 15 is 0 Å². The highest BCUT2D eigenvalue weighted by Crippen LogP contribution is 2.40. The van der Waals surface area contributed by atoms with Gasteiger partial charge in [0, 0.05) is 12.7 Å². The molecule has 1 N–H and O–H groups in total. The summed E-state index contributed by atoms with van der Waals surface area (Å²) in [6.07, 6.45) is 6.82. The molecule has 0 amide bonds. The molecule has 5 nitrogen and oxygen atoms in total. The van der Waals surface area contributed by atoms with Crippen molar-refractivity contribution in [1.82, 2.24) is 9.71 Å². The fourth-order valence-corrected chi connectivity index (χ4v) is 4.06. The van der Waals surface area contributed by atoms with Crippen LogP contribution in [-0.4, -0.2) is 19.9 Å². The van der Waals surface area contributed by atoms with Gasteiger partial charge in [-0.15, -0.1) is 0 Å². The van der Waals surface area contributed by atoms with E-state index < -0.39 is 10.0 Å². The summed E-state index contributed by atoms with van der Waals surface area (Å²) in [4.78, 5) is 3.77. The molecule has 1 aliphatic carbocycles. The number of hydrogen-bond donors (Lipinski definition) is 1. The van der Waals surface area contributed by atoms with Crippen LogP contribution in [0.1, 0.15) is 44.7 Å². The first-order chi connectivity index (χ1) is 9.53. The predicted molar refractivity (Wildman–Crippen MR) is 75.3 cm³/mol. The number of nitriles is 1. The molecule has 1 saturated carbocycles. The van der Waals surface area contributed by atoms with Crippen molar-refractivity contribution >= 4 is 10.0 Å². The van der Waals surface area contributed by atoms with Gasteiger partial charge in [0.2, 0.25) is 10.0 Å². The van der Waals surface area contributed by atoms with E-state index in [1.807, 2.05) is 6.07 Å². The fraction of sp³-hybridized carbons (Fsp3) is 0.571. The van der Waals surface area contributed by atoms with Gasteiger partial charge in [0.05, 0.1) is 0 Å². The Morgan fingerprint density at radius 1 is 1.45 bits per heavy atom. The number of nitrogens with one attached hydrogen (secondary N) is 1. The maximum Gasteiger partial charge on any atom is 0.243 e. The first-order valence-electron chi connectivity index (χ1n) is 6.88. The number of sulfonamides is 1. The molecule has 6 heteroatoms. The normalized spacial score (nSPS) is 17.8. The lowest BCUT2D eigenvalue weighted by atomic mass is 9.84. The SMILES string of the molecule is CCC1(CNS(=O)(=O)c2cccnc2C#N)CCCC1. The van der Waals surface area contributed by atoms with Crippen LogP contribution in [0.2, 0.25) is 0 Å². The van der Waals surface area contributed by atoms with Crippen LogP contribution in [0.25, 0.3) is 0 Å². The second-order valence-electron chi connectivity index (χ2n) is 5.35. The Labute approximate surface area is 120 Å². The minimum Gasteiger partial charge on any atom is -0.244 e. The van der Waals surface area contributed by atoms with E-state index in [-0.39, 0.29) is 16.0 Å². The van der Waals surface area contributed by atoms with Crippen LogP contribution in [0.5, 0.6) is 0 Å². The summed E-state index contributed by atoms with van der Waals surface area (Å²) < 4.78 is 27.3. The van der Waals surface area contributed by atoms with Gasteiger partial charge in [0.1, 0.15) is 11.0 Å². The molecule has 1 aromatic heterocycles. The Morgan fingerprint density at radius 3 is 2.75 bits per heavy atom. The zero-order chi connectivity index (χ0) is 14.6. The standard InChI is InChI=1S/C14H19N3O2S/c1-2-14(7-3-4-8-14)11-17-20(18,19)13-6-5-9-16-12(13)10-15/h5-6,9,17H,2-4,7-8,11H2,1H3. The Bertz CT molecular complexity index is 614. The lowest BCUT2D eigenvalue weighted by molar-refractivity contribution is 0.285. The minimum atomic E-state index is -3.67. The molecule has 2 rings (SSSR count). The van der Waals surface area contributed by atoms with Crippen molar-refractivity contribution in [3.8, 4) is 6.07 Å². The molecule has 108 valence electrons. The molecule has 0 bridgehead atoms. The second kappa shape index (κ2) is 5.90. The molecule has 0 aromatic carbocycles. The molecule has 1 fully saturated rings. The van der Waals surface area contributed by atoms with Crippen LogP contribution in [0.4, 0.5) is 0 Å². The van der Waals surface area contributed by atoms with E-state index in [2.05, 4.69) is 16.6 Å². The molecule has 0 radical (unpaired) electrons. The average Bonchev–Trinajstić information content (AvgIpc) is 2.95. The van der Waals surface area contributed by atoms with Crippen LogP contribution in [0.15, 0.2) is 23.2 Å². The van der Waals surface area contributed by atoms with Crippen molar-refractivity contribution in [3.63, 3.8) is 0 Å². The van der Waals surface area contributed by atoms with Gasteiger partial charge in [-0.3, -0.25) is 0 Å². The summed E-state index contributed by atoms with van der Waals surface area (Å²) in [5.74, 6) is 0. The van der Waals surface area contributed by atoms with Crippen LogP contribution >= 0.6 is 0 Å². The van der Waals surface area contributed by atoms with Gasteiger partial charge in [-0.1, -0.05) is 19.8 Å². The quantitative estimate of drug-likeness (QED) is 0.902. The molecule has 1 aromatic rings. The summed E-state index contributed by atoms with van der Waals surface area (Å²) in [6.45, 7) is 2.54. The lowest BCUT2D eigenvalue weighted by Crippen LogP contribution is -2.36. The van der Waals surface area contributed by atoms with E-state index in [4.69, 9.17) is 5.26 Å². The van der Waals surface area contributed by atoms with Crippen LogP contribution in [0, 0.1) is 16.7 Å². The van der Waals surface area contributed by atoms with E-state index in [9.17, 15) is 8.42 Å². The first-order valence-corrected chi connectivity index (χ1v) is 8.36. The van der Waals surface area contributed by atoms with Crippen molar-refractivity contribution < 1.29 is 8.42 Å². The summed E-state index contributed by atoms with van der Waals surface area (Å²) in [7, 11) is -3.67. The van der Waals surface area contributed by atoms with Crippen LogP contribution in [0.3, 0.4) is 0 Å². The highest BCUT2D eigenvalue weighted by molar-refractivity contribution is 7.89. The minimum absolute atomic E-state index is 0.0354. The summed E-state index contributed by atoms with van der Waals surface area (Å²) in [6, 6.07) is 4.77. The molecule has 1 heterocycles. The molecular formula is C14H19N3O2S. The van der Waals surface area contributed by atoms with Gasteiger partial charge >= 0.3 is 0 Å². The van der Waals surface area contributed by atoms with E-state index in [0.29, 0.717) is 6.54 Å². The average molecular weight is 293 g/mol. The fourth-order valence-electron chi connectivity index (χ4n) is 2.80. The van der Waals surface area contributed by atoms with Gasteiger partial charge in [0.15, 0.2) is 5.69 Å². The Kier molecular flexibility index (Phi) is 4.41. The monoisotopic (exact) mass is 293 g/mol. The Morgan fingerprint density at radius 2 is 2.15 bits per heavy atom. The van der Waals surface area contributed by atoms with E-state index in [0.717, 1.165) is 32.1 Å². The van der Waals surface area contributed by atoms with Crippen molar-refractivity contribution in [2.24, 2.45) is 5.41 Å². The van der Waals surface area contributed by atoms with Crippen molar-refractivity contribution in [3.05, 3.63) is 24.0 Å². The van der Waals surface area contributed by atoms with E-state index in [1.54, 1.807) is 0 Å². The van der Waals surface area contributed by atoms with Crippen molar-refractivity contribution in [1.29, 1.82) is 5.26 Å². The third-order valence-electron chi connectivity index (χ3n) is 4.22. The number of hydrogen-bond acceptors (Lipinski definition) is 4. The predicted octanol–water partition coefficient (Wildman–Crippen LogP) is 2.20. The Hall–Kier alpha value is -1.45. The molecule has 0 aliphatic heterocycles. The highest BCUT2D eigenvalue weighted by atomic mass is 32.2. The van der Waals surface area contributed by atoms with Crippen LogP contribution in [-0.2, 0) is 10.0 Å². The summed E-state index contributed by atoms with van der Waals surface area (Å²) in [5, 5.41) is 8.95. The van der Waals surface area contributed by atoms with Gasteiger partial charge in [0.25, 0.3) is 0 Å². The van der Waals surface area contributed by atoms with Crippen molar-refractivity contribution in [2.75, 3.05) is 6.54 Å². The largest absolute Gasteiger partial charge is 0.244 e. The number of aromatic nitrogens is 1. The smallest absolute Gasteiger partial charge is 0.243 e. The molecule has 20 heavy (non-hydrogen) atoms. The molecule has 0 unspecified atom stereocenters. The molecule has 0 spiro atoms. The van der Waals surface area contributed by atoms with Crippen molar-refractivity contribution in [2.45, 2.75) is 43.9 Å². The van der Waals surface area contributed by atoms with Gasteiger partial charge < -0.3 is 0 Å². The lowest BCUT2D eigenvalue weighted by Gasteiger charge is -2.27. The third-order valence-corrected chi connectivity index (χ3v) is 5.65. The first kappa shape index (κ1) is 14.9. The number of pyridine rings is 1. The zero-order valence-corrected chi connectivity index (χ0v) is 12.4. The maximum absolute atomic E-state index is 12.3. The second-order valence-corrected chi connectivity index (χ2v) is 7.08.